The van der Waals surface area contributed by atoms with Gasteiger partial charge in [-0.25, -0.2) is 4.39 Å². The van der Waals surface area contributed by atoms with Crippen LogP contribution in [0.4, 0.5) is 28.9 Å². The molecular weight excluding hydrogens is 362 g/mol. The molecular formula is C19H13F4N3O. The first kappa shape index (κ1) is 17.3. The average molecular weight is 375 g/mol. The molecule has 0 saturated carbocycles. The number of fused-ring (bicyclic) bond motifs is 2. The number of anilines is 2. The maximum absolute atomic E-state index is 14.6. The number of benzene rings is 1. The van der Waals surface area contributed by atoms with E-state index in [-0.39, 0.29) is 22.5 Å². The largest absolute Gasteiger partial charge is 0.402 e. The zero-order valence-electron chi connectivity index (χ0n) is 13.8. The second-order valence-corrected chi connectivity index (χ2v) is 6.35. The van der Waals surface area contributed by atoms with Crippen molar-refractivity contribution in [2.75, 3.05) is 5.32 Å². The fourth-order valence-corrected chi connectivity index (χ4v) is 3.62. The van der Waals surface area contributed by atoms with Crippen LogP contribution in [0, 0.1) is 5.82 Å². The minimum atomic E-state index is -4.79. The Hall–Kier alpha value is -3.16. The molecule has 1 aliphatic rings. The van der Waals surface area contributed by atoms with Gasteiger partial charge in [-0.1, -0.05) is 0 Å². The van der Waals surface area contributed by atoms with E-state index in [9.17, 15) is 22.4 Å². The molecule has 0 bridgehead atoms. The van der Waals surface area contributed by atoms with Crippen LogP contribution in [0.2, 0.25) is 0 Å². The molecule has 0 amide bonds. The van der Waals surface area contributed by atoms with E-state index in [2.05, 4.69) is 15.3 Å². The van der Waals surface area contributed by atoms with Gasteiger partial charge in [0.1, 0.15) is 16.9 Å². The molecule has 4 nitrogen and oxygen atoms in total. The minimum Gasteiger partial charge on any atom is -0.351 e. The van der Waals surface area contributed by atoms with Gasteiger partial charge in [0.05, 0.1) is 0 Å². The summed E-state index contributed by atoms with van der Waals surface area (Å²) in [5.74, 6) is -0.785. The van der Waals surface area contributed by atoms with E-state index >= 15 is 0 Å². The molecule has 0 saturated heterocycles. The number of hydrogen-bond donors (Lipinski definition) is 2. The van der Waals surface area contributed by atoms with E-state index in [0.29, 0.717) is 5.56 Å². The van der Waals surface area contributed by atoms with Crippen LogP contribution in [0.5, 0.6) is 0 Å². The first-order valence-corrected chi connectivity index (χ1v) is 8.08. The van der Waals surface area contributed by atoms with Crippen LogP contribution < -0.4 is 10.9 Å². The zero-order chi connectivity index (χ0) is 19.2. The molecule has 0 radical (unpaired) electrons. The Labute approximate surface area is 150 Å². The van der Waals surface area contributed by atoms with Crippen LogP contribution in [0.1, 0.15) is 16.7 Å². The van der Waals surface area contributed by atoms with Gasteiger partial charge in [0, 0.05) is 29.8 Å². The smallest absolute Gasteiger partial charge is 0.351 e. The summed E-state index contributed by atoms with van der Waals surface area (Å²) in [6, 6.07) is 7.31. The average Bonchev–Trinajstić information content (AvgIpc) is 2.62. The number of aromatic nitrogens is 2. The predicted octanol–water partition coefficient (Wildman–Crippen LogP) is 4.06. The number of aromatic amines is 1. The van der Waals surface area contributed by atoms with Gasteiger partial charge < -0.3 is 10.3 Å². The van der Waals surface area contributed by atoms with Crippen molar-refractivity contribution in [1.82, 2.24) is 9.97 Å². The number of H-pyrrole nitrogens is 1. The molecule has 0 fully saturated rings. The van der Waals surface area contributed by atoms with Gasteiger partial charge in [-0.15, -0.1) is 0 Å². The number of rotatable bonds is 2. The molecule has 2 aromatic heterocycles. The topological polar surface area (TPSA) is 57.8 Å². The number of nitrogens with zero attached hydrogens (tertiary/aromatic N) is 1. The van der Waals surface area contributed by atoms with Crippen molar-refractivity contribution < 1.29 is 17.6 Å². The molecule has 1 unspecified atom stereocenters. The third-order valence-electron chi connectivity index (χ3n) is 4.82. The van der Waals surface area contributed by atoms with Crippen molar-refractivity contribution >= 4 is 11.4 Å². The van der Waals surface area contributed by atoms with Gasteiger partial charge in [-0.3, -0.25) is 9.78 Å². The predicted molar refractivity (Wildman–Crippen MR) is 91.5 cm³/mol. The number of alkyl halides is 3. The Balaban J connectivity index is 2.09. The van der Waals surface area contributed by atoms with Crippen molar-refractivity contribution in [1.29, 1.82) is 0 Å². The third-order valence-corrected chi connectivity index (χ3v) is 4.82. The summed E-state index contributed by atoms with van der Waals surface area (Å²) >= 11 is 0. The molecule has 3 aromatic rings. The summed E-state index contributed by atoms with van der Waals surface area (Å²) < 4.78 is 57.8. The highest BCUT2D eigenvalue weighted by Gasteiger charge is 2.60. The lowest BCUT2D eigenvalue weighted by Gasteiger charge is -2.42. The van der Waals surface area contributed by atoms with Crippen molar-refractivity contribution in [2.45, 2.75) is 18.0 Å². The van der Waals surface area contributed by atoms with Crippen LogP contribution in [-0.2, 0) is 11.8 Å². The monoisotopic (exact) mass is 375 g/mol. The SMILES string of the molecule is O=c1[nH]ccc2c1Nc1ccc(F)cc1C2(Cc1ccncc1)C(F)(F)F. The lowest BCUT2D eigenvalue weighted by molar-refractivity contribution is -0.178. The van der Waals surface area contributed by atoms with Gasteiger partial charge >= 0.3 is 6.18 Å². The van der Waals surface area contributed by atoms with E-state index in [4.69, 9.17) is 0 Å². The van der Waals surface area contributed by atoms with Crippen molar-refractivity contribution in [3.8, 4) is 0 Å². The van der Waals surface area contributed by atoms with Crippen LogP contribution >= 0.6 is 0 Å². The molecule has 2 N–H and O–H groups in total. The standard InChI is InChI=1S/C19H13F4N3O/c20-12-1-2-15-14(9-12)18(19(21,22)23,10-11-3-6-24-7-4-11)13-5-8-25-17(27)16(13)26-15/h1-9,26H,10H2,(H,25,27). The molecule has 1 aliphatic heterocycles. The van der Waals surface area contributed by atoms with E-state index in [1.807, 2.05) is 0 Å². The Bertz CT molecular complexity index is 1060. The van der Waals surface area contributed by atoms with Gasteiger partial charge in [0.25, 0.3) is 5.56 Å². The second-order valence-electron chi connectivity index (χ2n) is 6.35. The summed E-state index contributed by atoms with van der Waals surface area (Å²) in [6.45, 7) is 0. The maximum atomic E-state index is 14.6. The van der Waals surface area contributed by atoms with Gasteiger partial charge in [-0.2, -0.15) is 13.2 Å². The van der Waals surface area contributed by atoms with E-state index in [0.717, 1.165) is 12.1 Å². The minimum absolute atomic E-state index is 0.0481. The molecule has 4 rings (SSSR count). The highest BCUT2D eigenvalue weighted by Crippen LogP contribution is 2.55. The van der Waals surface area contributed by atoms with Crippen LogP contribution in [0.3, 0.4) is 0 Å². The zero-order valence-corrected chi connectivity index (χ0v) is 13.8. The molecule has 0 spiro atoms. The lowest BCUT2D eigenvalue weighted by atomic mass is 9.67. The van der Waals surface area contributed by atoms with E-state index in [1.165, 1.54) is 42.9 Å². The van der Waals surface area contributed by atoms with Gasteiger partial charge in [-0.05, 0) is 53.9 Å². The van der Waals surface area contributed by atoms with Crippen molar-refractivity contribution in [2.24, 2.45) is 0 Å². The molecule has 138 valence electrons. The summed E-state index contributed by atoms with van der Waals surface area (Å²) in [5.41, 5.74) is -3.54. The molecule has 0 aliphatic carbocycles. The molecule has 3 heterocycles. The Kier molecular flexibility index (Phi) is 3.80. The molecule has 1 atom stereocenters. The van der Waals surface area contributed by atoms with Gasteiger partial charge in [0.2, 0.25) is 0 Å². The van der Waals surface area contributed by atoms with Crippen molar-refractivity contribution in [3.05, 3.63) is 87.9 Å². The first-order valence-electron chi connectivity index (χ1n) is 8.08. The van der Waals surface area contributed by atoms with E-state index < -0.39 is 29.4 Å². The van der Waals surface area contributed by atoms with Crippen molar-refractivity contribution in [3.63, 3.8) is 0 Å². The van der Waals surface area contributed by atoms with E-state index in [1.54, 1.807) is 0 Å². The summed E-state index contributed by atoms with van der Waals surface area (Å²) in [6.07, 6.45) is -1.32. The quantitative estimate of drug-likeness (QED) is 0.665. The maximum Gasteiger partial charge on any atom is 0.402 e. The number of pyridine rings is 2. The fourth-order valence-electron chi connectivity index (χ4n) is 3.62. The molecule has 8 heteroatoms. The molecule has 27 heavy (non-hydrogen) atoms. The first-order chi connectivity index (χ1) is 12.8. The third kappa shape index (κ3) is 2.59. The number of nitrogens with one attached hydrogen (secondary N) is 2. The fraction of sp³-hybridized carbons (Fsp3) is 0.158. The van der Waals surface area contributed by atoms with Gasteiger partial charge in [0.15, 0.2) is 0 Å². The van der Waals surface area contributed by atoms with Crippen LogP contribution in [0.25, 0.3) is 0 Å². The Morgan fingerprint density at radius 3 is 2.48 bits per heavy atom. The Morgan fingerprint density at radius 1 is 1.04 bits per heavy atom. The summed E-state index contributed by atoms with van der Waals surface area (Å²) in [4.78, 5) is 18.5. The normalized spacial score (nSPS) is 18.4. The highest BCUT2D eigenvalue weighted by molar-refractivity contribution is 5.76. The number of hydrogen-bond acceptors (Lipinski definition) is 3. The van der Waals surface area contributed by atoms with Crippen LogP contribution in [-0.4, -0.2) is 16.1 Å². The highest BCUT2D eigenvalue weighted by atomic mass is 19.4. The summed E-state index contributed by atoms with van der Waals surface area (Å²) in [7, 11) is 0. The lowest BCUT2D eigenvalue weighted by Crippen LogP contribution is -2.48. The Morgan fingerprint density at radius 2 is 1.78 bits per heavy atom. The van der Waals surface area contributed by atoms with Crippen LogP contribution in [0.15, 0.2) is 59.8 Å². The molecule has 1 aromatic carbocycles. The second kappa shape index (κ2) is 5.94. The summed E-state index contributed by atoms with van der Waals surface area (Å²) in [5, 5.41) is 2.73. The number of halogens is 4.